The first-order valence-electron chi connectivity index (χ1n) is 5.44. The molecule has 0 atom stereocenters. The van der Waals surface area contributed by atoms with Gasteiger partial charge in [0.2, 0.25) is 11.8 Å². The number of carboxylic acids is 1. The number of amides is 2. The molecule has 1 heterocycles. The molecule has 6 heteroatoms. The van der Waals surface area contributed by atoms with Gasteiger partial charge in [-0.15, -0.1) is 0 Å². The monoisotopic (exact) mass is 243 g/mol. The molecule has 1 aliphatic heterocycles. The van der Waals surface area contributed by atoms with Crippen molar-refractivity contribution in [3.63, 3.8) is 0 Å². The van der Waals surface area contributed by atoms with Gasteiger partial charge in [0.05, 0.1) is 13.2 Å². The van der Waals surface area contributed by atoms with Gasteiger partial charge in [0, 0.05) is 12.8 Å². The summed E-state index contributed by atoms with van der Waals surface area (Å²) in [6, 6.07) is 0. The number of carboxylic acid groups (broad SMARTS) is 1. The van der Waals surface area contributed by atoms with Crippen molar-refractivity contribution < 1.29 is 24.2 Å². The van der Waals surface area contributed by atoms with Gasteiger partial charge in [-0.2, -0.15) is 0 Å². The molecule has 0 aromatic carbocycles. The van der Waals surface area contributed by atoms with E-state index in [-0.39, 0.29) is 30.4 Å². The lowest BCUT2D eigenvalue weighted by Gasteiger charge is -2.34. The summed E-state index contributed by atoms with van der Waals surface area (Å²) in [4.78, 5) is 34.7. The van der Waals surface area contributed by atoms with Crippen molar-refractivity contribution in [2.24, 2.45) is 5.41 Å². The molecule has 0 unspecified atom stereocenters. The molecular weight excluding hydrogens is 226 g/mol. The van der Waals surface area contributed by atoms with E-state index >= 15 is 0 Å². The molecule has 1 N–H and O–H groups in total. The Morgan fingerprint density at radius 1 is 1.35 bits per heavy atom. The molecular formula is C11H17NO5. The molecule has 0 aromatic heterocycles. The maximum absolute atomic E-state index is 11.7. The number of carbonyl (C=O) groups is 3. The molecule has 6 nitrogen and oxygen atoms in total. The number of imide groups is 1. The molecule has 17 heavy (non-hydrogen) atoms. The quantitative estimate of drug-likeness (QED) is 0.553. The normalized spacial score (nSPS) is 19.5. The molecule has 0 spiro atoms. The number of piperidine rings is 1. The van der Waals surface area contributed by atoms with Gasteiger partial charge in [-0.25, -0.2) is 4.79 Å². The molecule has 0 bridgehead atoms. The highest BCUT2D eigenvalue weighted by molar-refractivity contribution is 5.98. The lowest BCUT2D eigenvalue weighted by molar-refractivity contribution is -0.153. The Kier molecular flexibility index (Phi) is 4.22. The number of hydrogen-bond donors (Lipinski definition) is 1. The predicted molar refractivity (Wildman–Crippen MR) is 58.2 cm³/mol. The van der Waals surface area contributed by atoms with Crippen molar-refractivity contribution in [2.45, 2.75) is 26.7 Å². The summed E-state index contributed by atoms with van der Waals surface area (Å²) in [5.74, 6) is -1.50. The summed E-state index contributed by atoms with van der Waals surface area (Å²) in [5, 5.41) is 8.35. The topological polar surface area (TPSA) is 83.9 Å². The van der Waals surface area contributed by atoms with Crippen molar-refractivity contribution in [1.29, 1.82) is 0 Å². The van der Waals surface area contributed by atoms with Crippen LogP contribution >= 0.6 is 0 Å². The Balaban J connectivity index is 2.41. The van der Waals surface area contributed by atoms with Crippen LogP contribution in [0.4, 0.5) is 0 Å². The standard InChI is InChI=1S/C11H17NO5/c1-11(2)5-8(13)12(9(14)6-11)3-4-17-7-10(15)16/h3-7H2,1-2H3,(H,15,16). The number of nitrogens with zero attached hydrogens (tertiary/aromatic N) is 1. The average molecular weight is 243 g/mol. The fraction of sp³-hybridized carbons (Fsp3) is 0.727. The van der Waals surface area contributed by atoms with Gasteiger partial charge < -0.3 is 9.84 Å². The molecule has 0 aliphatic carbocycles. The summed E-state index contributed by atoms with van der Waals surface area (Å²) >= 11 is 0. The fourth-order valence-electron chi connectivity index (χ4n) is 1.78. The van der Waals surface area contributed by atoms with Crippen molar-refractivity contribution in [3.8, 4) is 0 Å². The van der Waals surface area contributed by atoms with Gasteiger partial charge >= 0.3 is 5.97 Å². The number of ether oxygens (including phenoxy) is 1. The minimum absolute atomic E-state index is 0.0597. The van der Waals surface area contributed by atoms with E-state index in [2.05, 4.69) is 0 Å². The van der Waals surface area contributed by atoms with Crippen LogP contribution < -0.4 is 0 Å². The van der Waals surface area contributed by atoms with E-state index in [1.54, 1.807) is 0 Å². The van der Waals surface area contributed by atoms with E-state index < -0.39 is 12.6 Å². The molecule has 0 aromatic rings. The number of likely N-dealkylation sites (tertiary alicyclic amines) is 1. The van der Waals surface area contributed by atoms with Gasteiger partial charge in [0.1, 0.15) is 6.61 Å². The summed E-state index contributed by atoms with van der Waals surface area (Å²) in [5.41, 5.74) is -0.285. The predicted octanol–water partition coefficient (Wildman–Crippen LogP) is 0.263. The fourth-order valence-corrected chi connectivity index (χ4v) is 1.78. The van der Waals surface area contributed by atoms with Crippen molar-refractivity contribution in [3.05, 3.63) is 0 Å². The van der Waals surface area contributed by atoms with Crippen LogP contribution in [0.25, 0.3) is 0 Å². The van der Waals surface area contributed by atoms with Crippen LogP contribution in [0.1, 0.15) is 26.7 Å². The molecule has 1 saturated heterocycles. The van der Waals surface area contributed by atoms with E-state index in [0.29, 0.717) is 12.8 Å². The van der Waals surface area contributed by atoms with Crippen LogP contribution in [0.2, 0.25) is 0 Å². The van der Waals surface area contributed by atoms with E-state index in [9.17, 15) is 14.4 Å². The van der Waals surface area contributed by atoms with Gasteiger partial charge in [-0.1, -0.05) is 13.8 Å². The average Bonchev–Trinajstić information content (AvgIpc) is 2.12. The zero-order chi connectivity index (χ0) is 13.1. The lowest BCUT2D eigenvalue weighted by atomic mass is 9.82. The van der Waals surface area contributed by atoms with Crippen molar-refractivity contribution in [1.82, 2.24) is 4.90 Å². The minimum Gasteiger partial charge on any atom is -0.480 e. The summed E-state index contributed by atoms with van der Waals surface area (Å²) < 4.78 is 4.80. The second kappa shape index (κ2) is 5.27. The van der Waals surface area contributed by atoms with E-state index in [0.717, 1.165) is 4.90 Å². The lowest BCUT2D eigenvalue weighted by Crippen LogP contribution is -2.47. The smallest absolute Gasteiger partial charge is 0.329 e. The van der Waals surface area contributed by atoms with Gasteiger partial charge in [-0.3, -0.25) is 14.5 Å². The van der Waals surface area contributed by atoms with Crippen LogP contribution in [0, 0.1) is 5.41 Å². The Hall–Kier alpha value is -1.43. The first kappa shape index (κ1) is 13.6. The summed E-state index contributed by atoms with van der Waals surface area (Å²) in [7, 11) is 0. The number of carbonyl (C=O) groups excluding carboxylic acids is 2. The molecule has 0 radical (unpaired) electrons. The minimum atomic E-state index is -1.07. The number of rotatable bonds is 5. The Bertz CT molecular complexity index is 317. The molecule has 1 fully saturated rings. The highest BCUT2D eigenvalue weighted by Gasteiger charge is 2.36. The SMILES string of the molecule is CC1(C)CC(=O)N(CCOCC(=O)O)C(=O)C1. The maximum atomic E-state index is 11.7. The van der Waals surface area contributed by atoms with Crippen LogP contribution in [-0.2, 0) is 19.1 Å². The van der Waals surface area contributed by atoms with Crippen LogP contribution in [0.3, 0.4) is 0 Å². The van der Waals surface area contributed by atoms with E-state index in [1.807, 2.05) is 13.8 Å². The first-order valence-corrected chi connectivity index (χ1v) is 5.44. The Morgan fingerprint density at radius 3 is 2.35 bits per heavy atom. The molecule has 96 valence electrons. The Labute approximate surface area is 99.5 Å². The van der Waals surface area contributed by atoms with Crippen LogP contribution in [0.15, 0.2) is 0 Å². The summed E-state index contributed by atoms with van der Waals surface area (Å²) in [6.07, 6.45) is 0.662. The maximum Gasteiger partial charge on any atom is 0.329 e. The number of hydrogen-bond acceptors (Lipinski definition) is 4. The number of aliphatic carboxylic acids is 1. The van der Waals surface area contributed by atoms with E-state index in [1.165, 1.54) is 0 Å². The zero-order valence-electron chi connectivity index (χ0n) is 10.1. The largest absolute Gasteiger partial charge is 0.480 e. The van der Waals surface area contributed by atoms with Crippen molar-refractivity contribution in [2.75, 3.05) is 19.8 Å². The Morgan fingerprint density at radius 2 is 1.88 bits per heavy atom. The van der Waals surface area contributed by atoms with Gasteiger partial charge in [0.25, 0.3) is 0 Å². The van der Waals surface area contributed by atoms with Crippen LogP contribution in [-0.4, -0.2) is 47.5 Å². The van der Waals surface area contributed by atoms with Crippen LogP contribution in [0.5, 0.6) is 0 Å². The molecule has 1 rings (SSSR count). The molecule has 1 aliphatic rings. The highest BCUT2D eigenvalue weighted by atomic mass is 16.5. The molecule has 2 amide bonds. The van der Waals surface area contributed by atoms with Crippen molar-refractivity contribution >= 4 is 17.8 Å². The second-order valence-electron chi connectivity index (χ2n) is 4.90. The third-order valence-electron chi connectivity index (χ3n) is 2.55. The van der Waals surface area contributed by atoms with E-state index in [4.69, 9.17) is 9.84 Å². The third-order valence-corrected chi connectivity index (χ3v) is 2.55. The molecule has 0 saturated carbocycles. The first-order chi connectivity index (χ1) is 7.82. The van der Waals surface area contributed by atoms with Gasteiger partial charge in [0.15, 0.2) is 0 Å². The summed E-state index contributed by atoms with van der Waals surface area (Å²) in [6.45, 7) is 3.52. The highest BCUT2D eigenvalue weighted by Crippen LogP contribution is 2.31. The zero-order valence-corrected chi connectivity index (χ0v) is 10.1. The van der Waals surface area contributed by atoms with Gasteiger partial charge in [-0.05, 0) is 5.41 Å². The third kappa shape index (κ3) is 4.14. The second-order valence-corrected chi connectivity index (χ2v) is 4.90.